The largest absolute Gasteiger partial charge is 0.469 e. The van der Waals surface area contributed by atoms with Crippen molar-refractivity contribution in [1.82, 2.24) is 9.88 Å². The highest BCUT2D eigenvalue weighted by atomic mass is 32.1. The minimum absolute atomic E-state index is 0.174. The van der Waals surface area contributed by atoms with E-state index in [1.54, 1.807) is 17.6 Å². The van der Waals surface area contributed by atoms with Gasteiger partial charge in [0.05, 0.1) is 12.3 Å². The minimum Gasteiger partial charge on any atom is -0.469 e. The van der Waals surface area contributed by atoms with Gasteiger partial charge in [-0.1, -0.05) is 0 Å². The van der Waals surface area contributed by atoms with E-state index in [2.05, 4.69) is 4.98 Å². The molecule has 20 heavy (non-hydrogen) atoms. The van der Waals surface area contributed by atoms with E-state index in [1.165, 1.54) is 6.42 Å². The number of likely N-dealkylation sites (tertiary alicyclic amines) is 1. The van der Waals surface area contributed by atoms with Crippen LogP contribution in [0.5, 0.6) is 0 Å². The van der Waals surface area contributed by atoms with Crippen LogP contribution in [0.4, 0.5) is 0 Å². The molecule has 4 nitrogen and oxygen atoms in total. The van der Waals surface area contributed by atoms with E-state index in [0.29, 0.717) is 12.8 Å². The Bertz CT molecular complexity index is 536. The van der Waals surface area contributed by atoms with Crippen LogP contribution in [0.1, 0.15) is 42.5 Å². The molecule has 1 atom stereocenters. The molecule has 1 unspecified atom stereocenters. The van der Waals surface area contributed by atoms with Crippen LogP contribution in [0.3, 0.4) is 0 Å². The number of amides is 1. The number of nitrogens with zero attached hydrogens (tertiary/aromatic N) is 2. The molecule has 5 heteroatoms. The molecule has 0 spiro atoms. The summed E-state index contributed by atoms with van der Waals surface area (Å²) in [6, 6.07) is 3.95. The first kappa shape index (κ1) is 13.4. The molecule has 0 saturated carbocycles. The van der Waals surface area contributed by atoms with Crippen molar-refractivity contribution in [2.24, 2.45) is 0 Å². The normalized spacial score (nSPS) is 19.2. The van der Waals surface area contributed by atoms with Gasteiger partial charge < -0.3 is 9.32 Å². The predicted octanol–water partition coefficient (Wildman–Crippen LogP) is 3.42. The fraction of sp³-hybridized carbons (Fsp3) is 0.467. The summed E-state index contributed by atoms with van der Waals surface area (Å²) in [6.07, 6.45) is 7.95. The van der Waals surface area contributed by atoms with Gasteiger partial charge in [-0.2, -0.15) is 0 Å². The molecule has 3 heterocycles. The Balaban J connectivity index is 1.65. The third-order valence-electron chi connectivity index (χ3n) is 3.72. The van der Waals surface area contributed by atoms with E-state index >= 15 is 0 Å². The van der Waals surface area contributed by atoms with Gasteiger partial charge in [-0.25, -0.2) is 4.98 Å². The van der Waals surface area contributed by atoms with Crippen LogP contribution in [0, 0.1) is 0 Å². The lowest BCUT2D eigenvalue weighted by molar-refractivity contribution is -0.135. The number of aryl methyl sites for hydroxylation is 1. The Morgan fingerprint density at radius 3 is 3.20 bits per heavy atom. The molecule has 3 rings (SSSR count). The summed E-state index contributed by atoms with van der Waals surface area (Å²) in [5.74, 6) is 1.09. The topological polar surface area (TPSA) is 46.3 Å². The maximum Gasteiger partial charge on any atom is 0.223 e. The Morgan fingerprint density at radius 1 is 1.50 bits per heavy atom. The number of piperidine rings is 1. The van der Waals surface area contributed by atoms with Gasteiger partial charge in [0, 0.05) is 31.0 Å². The quantitative estimate of drug-likeness (QED) is 0.866. The smallest absolute Gasteiger partial charge is 0.223 e. The number of carbonyl (C=O) groups is 1. The minimum atomic E-state index is 0.174. The summed E-state index contributed by atoms with van der Waals surface area (Å²) < 4.78 is 5.29. The maximum atomic E-state index is 12.5. The number of aromatic nitrogens is 1. The molecular weight excluding hydrogens is 272 g/mol. The summed E-state index contributed by atoms with van der Waals surface area (Å²) in [6.45, 7) is 0.848. The molecule has 1 aliphatic heterocycles. The summed E-state index contributed by atoms with van der Waals surface area (Å²) in [7, 11) is 0. The molecule has 0 aromatic carbocycles. The van der Waals surface area contributed by atoms with Crippen molar-refractivity contribution < 1.29 is 9.21 Å². The van der Waals surface area contributed by atoms with Crippen molar-refractivity contribution in [3.63, 3.8) is 0 Å². The van der Waals surface area contributed by atoms with Crippen LogP contribution in [0.25, 0.3) is 0 Å². The van der Waals surface area contributed by atoms with Crippen molar-refractivity contribution in [2.75, 3.05) is 6.54 Å². The van der Waals surface area contributed by atoms with Crippen molar-refractivity contribution in [3.8, 4) is 0 Å². The zero-order valence-corrected chi connectivity index (χ0v) is 12.1. The van der Waals surface area contributed by atoms with Crippen LogP contribution < -0.4 is 0 Å². The lowest BCUT2D eigenvalue weighted by atomic mass is 10.0. The van der Waals surface area contributed by atoms with E-state index < -0.39 is 0 Å². The Labute approximate surface area is 122 Å². The predicted molar refractivity (Wildman–Crippen MR) is 77.4 cm³/mol. The second-order valence-corrected chi connectivity index (χ2v) is 5.97. The van der Waals surface area contributed by atoms with Crippen LogP contribution in [-0.4, -0.2) is 22.3 Å². The molecule has 106 valence electrons. The van der Waals surface area contributed by atoms with E-state index in [0.717, 1.165) is 30.2 Å². The van der Waals surface area contributed by atoms with E-state index in [4.69, 9.17) is 4.42 Å². The van der Waals surface area contributed by atoms with Gasteiger partial charge >= 0.3 is 0 Å². The Morgan fingerprint density at radius 2 is 2.45 bits per heavy atom. The van der Waals surface area contributed by atoms with Crippen molar-refractivity contribution >= 4 is 17.2 Å². The van der Waals surface area contributed by atoms with Crippen LogP contribution in [-0.2, 0) is 11.2 Å². The number of hydrogen-bond donors (Lipinski definition) is 0. The standard InChI is InChI=1S/C15H18N2O2S/c18-14(7-6-12-4-3-10-19-12)17-9-2-1-5-13(17)15-16-8-11-20-15/h3-4,8,10-11,13H,1-2,5-7,9H2. The molecule has 1 amide bonds. The average Bonchev–Trinajstić information content (AvgIpc) is 3.18. The summed E-state index contributed by atoms with van der Waals surface area (Å²) in [4.78, 5) is 18.9. The monoisotopic (exact) mass is 290 g/mol. The maximum absolute atomic E-state index is 12.5. The highest BCUT2D eigenvalue weighted by Gasteiger charge is 2.29. The molecule has 0 bridgehead atoms. The highest BCUT2D eigenvalue weighted by Crippen LogP contribution is 2.32. The fourth-order valence-corrected chi connectivity index (χ4v) is 3.50. The summed E-state index contributed by atoms with van der Waals surface area (Å²) in [5.41, 5.74) is 0. The molecule has 0 radical (unpaired) electrons. The van der Waals surface area contributed by atoms with Gasteiger partial charge in [0.25, 0.3) is 0 Å². The number of furan rings is 1. The SMILES string of the molecule is O=C(CCc1ccco1)N1CCCCC1c1nccs1. The highest BCUT2D eigenvalue weighted by molar-refractivity contribution is 7.09. The number of thiazole rings is 1. The van der Waals surface area contributed by atoms with E-state index in [9.17, 15) is 4.79 Å². The first-order valence-corrected chi connectivity index (χ1v) is 7.94. The van der Waals surface area contributed by atoms with Gasteiger partial charge in [-0.3, -0.25) is 4.79 Å². The second-order valence-electron chi connectivity index (χ2n) is 5.05. The summed E-state index contributed by atoms with van der Waals surface area (Å²) >= 11 is 1.64. The van der Waals surface area contributed by atoms with Crippen LogP contribution in [0.2, 0.25) is 0 Å². The number of hydrogen-bond acceptors (Lipinski definition) is 4. The van der Waals surface area contributed by atoms with Gasteiger partial charge in [-0.15, -0.1) is 11.3 Å². The lowest BCUT2D eigenvalue weighted by Crippen LogP contribution is -2.38. The van der Waals surface area contributed by atoms with Crippen LogP contribution >= 0.6 is 11.3 Å². The fourth-order valence-electron chi connectivity index (χ4n) is 2.71. The van der Waals surface area contributed by atoms with E-state index in [1.807, 2.05) is 28.6 Å². The zero-order valence-electron chi connectivity index (χ0n) is 11.3. The number of rotatable bonds is 4. The van der Waals surface area contributed by atoms with Crippen molar-refractivity contribution in [3.05, 3.63) is 40.7 Å². The molecular formula is C15H18N2O2S. The van der Waals surface area contributed by atoms with Gasteiger partial charge in [0.2, 0.25) is 5.91 Å². The third-order valence-corrected chi connectivity index (χ3v) is 4.60. The second kappa shape index (κ2) is 6.22. The first-order chi connectivity index (χ1) is 9.84. The zero-order chi connectivity index (χ0) is 13.8. The average molecular weight is 290 g/mol. The first-order valence-electron chi connectivity index (χ1n) is 7.06. The number of carbonyl (C=O) groups excluding carboxylic acids is 1. The van der Waals surface area contributed by atoms with Gasteiger partial charge in [0.1, 0.15) is 10.8 Å². The molecule has 2 aromatic rings. The van der Waals surface area contributed by atoms with Crippen molar-refractivity contribution in [2.45, 2.75) is 38.1 Å². The molecule has 2 aromatic heterocycles. The molecule has 1 fully saturated rings. The van der Waals surface area contributed by atoms with Crippen molar-refractivity contribution in [1.29, 1.82) is 0 Å². The lowest BCUT2D eigenvalue weighted by Gasteiger charge is -2.34. The summed E-state index contributed by atoms with van der Waals surface area (Å²) in [5, 5.41) is 3.05. The third kappa shape index (κ3) is 2.93. The van der Waals surface area contributed by atoms with Crippen LogP contribution in [0.15, 0.2) is 34.4 Å². The Kier molecular flexibility index (Phi) is 4.16. The molecule has 0 N–H and O–H groups in total. The van der Waals surface area contributed by atoms with Gasteiger partial charge in [0.15, 0.2) is 0 Å². The molecule has 1 aliphatic rings. The van der Waals surface area contributed by atoms with Gasteiger partial charge in [-0.05, 0) is 31.4 Å². The molecule has 1 saturated heterocycles. The van der Waals surface area contributed by atoms with E-state index in [-0.39, 0.29) is 11.9 Å². The Hall–Kier alpha value is -1.62. The molecule has 0 aliphatic carbocycles.